The molecule has 3 rings (SSSR count). The van der Waals surface area contributed by atoms with E-state index in [0.29, 0.717) is 11.0 Å². The smallest absolute Gasteiger partial charge is 0.209 e. The fourth-order valence-corrected chi connectivity index (χ4v) is 3.42. The molecule has 0 saturated heterocycles. The fraction of sp³-hybridized carbons (Fsp3) is 0.125. The van der Waals surface area contributed by atoms with Gasteiger partial charge in [-0.15, -0.1) is 5.10 Å². The monoisotopic (exact) mass is 423 g/mol. The minimum absolute atomic E-state index is 0.283. The van der Waals surface area contributed by atoms with Gasteiger partial charge in [0.15, 0.2) is 15.7 Å². The van der Waals surface area contributed by atoms with Crippen molar-refractivity contribution in [1.82, 2.24) is 14.8 Å². The van der Waals surface area contributed by atoms with Crippen LogP contribution in [-0.2, 0) is 9.84 Å². The second kappa shape index (κ2) is 6.70. The van der Waals surface area contributed by atoms with Crippen LogP contribution >= 0.6 is 27.7 Å². The Balaban J connectivity index is 2.10. The van der Waals surface area contributed by atoms with Crippen LogP contribution in [0.5, 0.6) is 0 Å². The van der Waals surface area contributed by atoms with Crippen molar-refractivity contribution in [3.8, 4) is 17.1 Å². The minimum Gasteiger partial charge on any atom is -0.224 e. The van der Waals surface area contributed by atoms with E-state index in [4.69, 9.17) is 0 Å². The normalized spacial score (nSPS) is 11.6. The SMILES string of the molecule is CSc1nc(-c2ccc(S(C)(=O)=O)cc2)n(-c2ccc(Br)cc2)n1. The summed E-state index contributed by atoms with van der Waals surface area (Å²) in [5, 5.41) is 5.16. The molecule has 0 bridgehead atoms. The van der Waals surface area contributed by atoms with Gasteiger partial charge in [-0.3, -0.25) is 0 Å². The summed E-state index contributed by atoms with van der Waals surface area (Å²) in [6.45, 7) is 0. The van der Waals surface area contributed by atoms with Gasteiger partial charge in [-0.05, 0) is 54.8 Å². The average Bonchev–Trinajstić information content (AvgIpc) is 2.99. The lowest BCUT2D eigenvalue weighted by Gasteiger charge is -2.07. The van der Waals surface area contributed by atoms with Crippen LogP contribution in [0.1, 0.15) is 0 Å². The molecule has 0 unspecified atom stereocenters. The van der Waals surface area contributed by atoms with E-state index < -0.39 is 9.84 Å². The molecule has 3 aromatic rings. The molecule has 0 aliphatic heterocycles. The number of hydrogen-bond acceptors (Lipinski definition) is 5. The quantitative estimate of drug-likeness (QED) is 0.596. The van der Waals surface area contributed by atoms with E-state index in [9.17, 15) is 8.42 Å². The van der Waals surface area contributed by atoms with Gasteiger partial charge in [-0.25, -0.2) is 18.1 Å². The third-order valence-corrected chi connectivity index (χ3v) is 5.58. The van der Waals surface area contributed by atoms with Crippen LogP contribution in [0, 0.1) is 0 Å². The van der Waals surface area contributed by atoms with E-state index in [1.54, 1.807) is 28.9 Å². The lowest BCUT2D eigenvalue weighted by Crippen LogP contribution is -2.00. The molecule has 0 saturated carbocycles. The number of halogens is 1. The van der Waals surface area contributed by atoms with Crippen LogP contribution in [0.2, 0.25) is 0 Å². The number of aromatic nitrogens is 3. The maximum Gasteiger partial charge on any atom is 0.209 e. The van der Waals surface area contributed by atoms with Crippen LogP contribution in [0.4, 0.5) is 0 Å². The van der Waals surface area contributed by atoms with Crippen molar-refractivity contribution < 1.29 is 8.42 Å². The Kier molecular flexibility index (Phi) is 4.80. The van der Waals surface area contributed by atoms with E-state index in [1.807, 2.05) is 30.5 Å². The molecule has 24 heavy (non-hydrogen) atoms. The second-order valence-corrected chi connectivity index (χ2v) is 8.81. The van der Waals surface area contributed by atoms with Crippen LogP contribution in [-0.4, -0.2) is 35.7 Å². The van der Waals surface area contributed by atoms with Gasteiger partial charge in [0.05, 0.1) is 10.6 Å². The Morgan fingerprint density at radius 3 is 2.21 bits per heavy atom. The van der Waals surface area contributed by atoms with Crippen molar-refractivity contribution in [3.05, 3.63) is 53.0 Å². The highest BCUT2D eigenvalue weighted by molar-refractivity contribution is 9.10. The molecule has 0 fully saturated rings. The van der Waals surface area contributed by atoms with E-state index in [0.717, 1.165) is 15.7 Å². The van der Waals surface area contributed by atoms with Gasteiger partial charge in [0.25, 0.3) is 0 Å². The molecule has 0 radical (unpaired) electrons. The van der Waals surface area contributed by atoms with Crippen LogP contribution in [0.25, 0.3) is 17.1 Å². The standard InChI is InChI=1S/C16H14BrN3O2S2/c1-23-16-18-15(11-3-9-14(10-4-11)24(2,21)22)20(19-16)13-7-5-12(17)6-8-13/h3-10H,1-2H3. The lowest BCUT2D eigenvalue weighted by atomic mass is 10.2. The molecular weight excluding hydrogens is 410 g/mol. The van der Waals surface area contributed by atoms with Crippen molar-refractivity contribution in [2.45, 2.75) is 10.1 Å². The number of thioether (sulfide) groups is 1. The third-order valence-electron chi connectivity index (χ3n) is 3.38. The van der Waals surface area contributed by atoms with Gasteiger partial charge in [0.1, 0.15) is 0 Å². The van der Waals surface area contributed by atoms with E-state index in [1.165, 1.54) is 18.0 Å². The second-order valence-electron chi connectivity index (χ2n) is 5.11. The minimum atomic E-state index is -3.22. The molecular formula is C16H14BrN3O2S2. The van der Waals surface area contributed by atoms with Crippen LogP contribution in [0.3, 0.4) is 0 Å². The van der Waals surface area contributed by atoms with Crippen LogP contribution in [0.15, 0.2) is 63.1 Å². The molecule has 124 valence electrons. The van der Waals surface area contributed by atoms with Crippen molar-refractivity contribution in [2.24, 2.45) is 0 Å². The first kappa shape index (κ1) is 17.2. The number of sulfone groups is 1. The number of benzene rings is 2. The maximum absolute atomic E-state index is 11.6. The van der Waals surface area contributed by atoms with Crippen molar-refractivity contribution in [1.29, 1.82) is 0 Å². The summed E-state index contributed by atoms with van der Waals surface area (Å²) in [7, 11) is -3.22. The zero-order valence-corrected chi connectivity index (χ0v) is 16.2. The number of nitrogens with zero attached hydrogens (tertiary/aromatic N) is 3. The molecule has 1 aromatic heterocycles. The first-order chi connectivity index (χ1) is 11.4. The first-order valence-corrected chi connectivity index (χ1v) is 10.9. The highest BCUT2D eigenvalue weighted by atomic mass is 79.9. The molecule has 8 heteroatoms. The predicted octanol–water partition coefficient (Wildman–Crippen LogP) is 3.82. The zero-order chi connectivity index (χ0) is 17.3. The van der Waals surface area contributed by atoms with Crippen LogP contribution < -0.4 is 0 Å². The third kappa shape index (κ3) is 3.55. The lowest BCUT2D eigenvalue weighted by molar-refractivity contribution is 0.602. The van der Waals surface area contributed by atoms with Gasteiger partial charge in [0.2, 0.25) is 5.16 Å². The van der Waals surface area contributed by atoms with Gasteiger partial charge >= 0.3 is 0 Å². The molecule has 0 aliphatic rings. The molecule has 5 nitrogen and oxygen atoms in total. The topological polar surface area (TPSA) is 64.8 Å². The Morgan fingerprint density at radius 2 is 1.67 bits per heavy atom. The molecule has 0 amide bonds. The van der Waals surface area contributed by atoms with E-state index >= 15 is 0 Å². The Hall–Kier alpha value is -1.64. The van der Waals surface area contributed by atoms with Crippen molar-refractivity contribution in [3.63, 3.8) is 0 Å². The number of hydrogen-bond donors (Lipinski definition) is 0. The number of rotatable bonds is 4. The summed E-state index contributed by atoms with van der Waals surface area (Å²) in [5.41, 5.74) is 1.69. The summed E-state index contributed by atoms with van der Waals surface area (Å²) in [4.78, 5) is 4.83. The molecule has 0 spiro atoms. The highest BCUT2D eigenvalue weighted by Gasteiger charge is 2.14. The Morgan fingerprint density at radius 1 is 1.04 bits per heavy atom. The maximum atomic E-state index is 11.6. The molecule has 2 aromatic carbocycles. The van der Waals surface area contributed by atoms with E-state index in [-0.39, 0.29) is 4.90 Å². The van der Waals surface area contributed by atoms with Gasteiger partial charge in [-0.1, -0.05) is 27.7 Å². The summed E-state index contributed by atoms with van der Waals surface area (Å²) >= 11 is 4.88. The Labute approximate surface area is 153 Å². The Bertz CT molecular complexity index is 966. The zero-order valence-electron chi connectivity index (χ0n) is 13.0. The fourth-order valence-electron chi connectivity index (χ4n) is 2.18. The molecule has 0 N–H and O–H groups in total. The average molecular weight is 424 g/mol. The van der Waals surface area contributed by atoms with Gasteiger partial charge in [-0.2, -0.15) is 0 Å². The summed E-state index contributed by atoms with van der Waals surface area (Å²) in [6, 6.07) is 14.4. The summed E-state index contributed by atoms with van der Waals surface area (Å²) in [6.07, 6.45) is 3.11. The molecule has 0 aliphatic carbocycles. The summed E-state index contributed by atoms with van der Waals surface area (Å²) < 4.78 is 26.0. The molecule has 1 heterocycles. The van der Waals surface area contributed by atoms with E-state index in [2.05, 4.69) is 26.0 Å². The predicted molar refractivity (Wildman–Crippen MR) is 99.4 cm³/mol. The van der Waals surface area contributed by atoms with Gasteiger partial charge in [0, 0.05) is 16.3 Å². The van der Waals surface area contributed by atoms with Crippen molar-refractivity contribution in [2.75, 3.05) is 12.5 Å². The summed E-state index contributed by atoms with van der Waals surface area (Å²) in [5.74, 6) is 0.668. The molecule has 0 atom stereocenters. The van der Waals surface area contributed by atoms with Gasteiger partial charge < -0.3 is 0 Å². The van der Waals surface area contributed by atoms with Crippen molar-refractivity contribution >= 4 is 37.5 Å². The highest BCUT2D eigenvalue weighted by Crippen LogP contribution is 2.25. The first-order valence-electron chi connectivity index (χ1n) is 6.96. The largest absolute Gasteiger partial charge is 0.224 e.